The molecule has 2 saturated heterocycles. The highest BCUT2D eigenvalue weighted by atomic mass is 79.9. The molecule has 8 heteroatoms. The molecular weight excluding hydrogens is 554 g/mol. The van der Waals surface area contributed by atoms with Crippen LogP contribution in [0.5, 0.6) is 5.75 Å². The largest absolute Gasteiger partial charge is 0.497 e. The van der Waals surface area contributed by atoms with Crippen LogP contribution in [0.1, 0.15) is 18.7 Å². The van der Waals surface area contributed by atoms with E-state index in [9.17, 15) is 4.79 Å². The second kappa shape index (κ2) is 11.4. The van der Waals surface area contributed by atoms with Crippen molar-refractivity contribution >= 4 is 38.6 Å². The van der Waals surface area contributed by atoms with Crippen LogP contribution in [0, 0.1) is 5.92 Å². The Bertz CT molecular complexity index is 1460. The van der Waals surface area contributed by atoms with Crippen molar-refractivity contribution in [1.29, 1.82) is 0 Å². The highest BCUT2D eigenvalue weighted by molar-refractivity contribution is 9.10. The van der Waals surface area contributed by atoms with Gasteiger partial charge in [-0.25, -0.2) is 4.98 Å². The molecule has 6 rings (SSSR count). The van der Waals surface area contributed by atoms with Gasteiger partial charge in [0.05, 0.1) is 30.6 Å². The molecule has 4 aromatic rings. The van der Waals surface area contributed by atoms with E-state index in [0.717, 1.165) is 90.6 Å². The third-order valence-electron chi connectivity index (χ3n) is 7.93. The highest BCUT2D eigenvalue weighted by Gasteiger charge is 2.32. The Morgan fingerprint density at radius 3 is 2.56 bits per heavy atom. The minimum absolute atomic E-state index is 0.0332. The van der Waals surface area contributed by atoms with E-state index >= 15 is 0 Å². The number of halogens is 1. The fourth-order valence-corrected chi connectivity index (χ4v) is 6.32. The maximum absolute atomic E-state index is 13.6. The van der Waals surface area contributed by atoms with Gasteiger partial charge in [0.2, 0.25) is 5.91 Å². The van der Waals surface area contributed by atoms with E-state index in [1.54, 1.807) is 7.11 Å². The van der Waals surface area contributed by atoms with Gasteiger partial charge in [-0.05, 0) is 61.9 Å². The van der Waals surface area contributed by atoms with Gasteiger partial charge in [-0.15, -0.1) is 0 Å². The number of aromatic nitrogens is 2. The summed E-state index contributed by atoms with van der Waals surface area (Å²) in [6, 6.07) is 24.8. The number of imidazole rings is 1. The molecule has 1 atom stereocenters. The topological polar surface area (TPSA) is 53.8 Å². The van der Waals surface area contributed by atoms with E-state index in [4.69, 9.17) is 9.72 Å². The van der Waals surface area contributed by atoms with Gasteiger partial charge in [0.25, 0.3) is 0 Å². The molecule has 1 amide bonds. The van der Waals surface area contributed by atoms with Crippen LogP contribution >= 0.6 is 15.9 Å². The number of methoxy groups -OCH3 is 1. The summed E-state index contributed by atoms with van der Waals surface area (Å²) in [4.78, 5) is 25.4. The third kappa shape index (κ3) is 5.54. The van der Waals surface area contributed by atoms with Crippen LogP contribution in [0.3, 0.4) is 0 Å². The van der Waals surface area contributed by atoms with Crippen LogP contribution < -0.4 is 9.64 Å². The Balaban J connectivity index is 1.13. The SMILES string of the molecule is COc1cccc(N2CCN(C(=O)[C@H]3CCCN(Cc4nc5ccccc5n4-c4cccc(Br)c4)C3)CC2)c1. The molecule has 2 aliphatic heterocycles. The smallest absolute Gasteiger partial charge is 0.227 e. The molecule has 1 aromatic heterocycles. The van der Waals surface area contributed by atoms with Gasteiger partial charge in [0, 0.05) is 54.6 Å². The summed E-state index contributed by atoms with van der Waals surface area (Å²) in [5.41, 5.74) is 4.33. The Hall–Kier alpha value is -3.36. The summed E-state index contributed by atoms with van der Waals surface area (Å²) in [6.45, 7) is 5.66. The Morgan fingerprint density at radius 2 is 1.74 bits per heavy atom. The number of rotatable bonds is 6. The zero-order valence-corrected chi connectivity index (χ0v) is 23.9. The number of nitrogens with zero attached hydrogens (tertiary/aromatic N) is 5. The molecule has 0 N–H and O–H groups in total. The van der Waals surface area contributed by atoms with Gasteiger partial charge in [-0.2, -0.15) is 0 Å². The number of para-hydroxylation sites is 2. The van der Waals surface area contributed by atoms with Crippen molar-refractivity contribution < 1.29 is 9.53 Å². The van der Waals surface area contributed by atoms with E-state index < -0.39 is 0 Å². The Labute approximate surface area is 238 Å². The molecule has 0 radical (unpaired) electrons. The van der Waals surface area contributed by atoms with Crippen molar-refractivity contribution in [1.82, 2.24) is 19.4 Å². The first-order valence-electron chi connectivity index (χ1n) is 13.7. The number of carbonyl (C=O) groups is 1. The number of ether oxygens (including phenoxy) is 1. The quantitative estimate of drug-likeness (QED) is 0.304. The first-order valence-corrected chi connectivity index (χ1v) is 14.5. The minimum Gasteiger partial charge on any atom is -0.497 e. The molecule has 0 bridgehead atoms. The van der Waals surface area contributed by atoms with E-state index in [2.05, 4.69) is 83.7 Å². The Morgan fingerprint density at radius 1 is 0.949 bits per heavy atom. The second-order valence-corrected chi connectivity index (χ2v) is 11.3. The number of amides is 1. The zero-order chi connectivity index (χ0) is 26.8. The molecule has 0 saturated carbocycles. The summed E-state index contributed by atoms with van der Waals surface area (Å²) < 4.78 is 8.68. The predicted molar refractivity (Wildman–Crippen MR) is 159 cm³/mol. The van der Waals surface area contributed by atoms with Gasteiger partial charge in [0.15, 0.2) is 0 Å². The number of hydrogen-bond donors (Lipinski definition) is 0. The number of benzene rings is 3. The maximum Gasteiger partial charge on any atom is 0.227 e. The zero-order valence-electron chi connectivity index (χ0n) is 22.3. The second-order valence-electron chi connectivity index (χ2n) is 10.4. The molecule has 3 heterocycles. The molecule has 3 aromatic carbocycles. The lowest BCUT2D eigenvalue weighted by molar-refractivity contribution is -0.137. The Kier molecular flexibility index (Phi) is 7.57. The number of likely N-dealkylation sites (tertiary alicyclic amines) is 1. The molecule has 0 aliphatic carbocycles. The fourth-order valence-electron chi connectivity index (χ4n) is 5.94. The molecule has 39 heavy (non-hydrogen) atoms. The molecular formula is C31H34BrN5O2. The van der Waals surface area contributed by atoms with Crippen molar-refractivity contribution in [2.45, 2.75) is 19.4 Å². The number of piperidine rings is 1. The summed E-state index contributed by atoms with van der Waals surface area (Å²) in [5, 5.41) is 0. The van der Waals surface area contributed by atoms with Crippen molar-refractivity contribution in [3.63, 3.8) is 0 Å². The summed E-state index contributed by atoms with van der Waals surface area (Å²) in [6.07, 6.45) is 1.98. The normalized spacial score (nSPS) is 18.5. The monoisotopic (exact) mass is 587 g/mol. The van der Waals surface area contributed by atoms with Crippen molar-refractivity contribution in [2.75, 3.05) is 51.3 Å². The molecule has 2 fully saturated rings. The first kappa shape index (κ1) is 25.9. The van der Waals surface area contributed by atoms with E-state index in [-0.39, 0.29) is 5.92 Å². The van der Waals surface area contributed by atoms with Crippen LogP contribution in [-0.2, 0) is 11.3 Å². The molecule has 0 spiro atoms. The minimum atomic E-state index is 0.0332. The lowest BCUT2D eigenvalue weighted by Crippen LogP contribution is -2.52. The highest BCUT2D eigenvalue weighted by Crippen LogP contribution is 2.28. The lowest BCUT2D eigenvalue weighted by Gasteiger charge is -2.39. The predicted octanol–water partition coefficient (Wildman–Crippen LogP) is 5.36. The van der Waals surface area contributed by atoms with Crippen LogP contribution in [0.2, 0.25) is 0 Å². The number of carbonyl (C=O) groups excluding carboxylic acids is 1. The maximum atomic E-state index is 13.6. The van der Waals surface area contributed by atoms with E-state index in [1.165, 1.54) is 0 Å². The number of hydrogen-bond acceptors (Lipinski definition) is 5. The van der Waals surface area contributed by atoms with Crippen LogP contribution in [0.25, 0.3) is 16.7 Å². The van der Waals surface area contributed by atoms with Crippen molar-refractivity contribution in [2.24, 2.45) is 5.92 Å². The molecule has 7 nitrogen and oxygen atoms in total. The van der Waals surface area contributed by atoms with Gasteiger partial charge >= 0.3 is 0 Å². The third-order valence-corrected chi connectivity index (χ3v) is 8.42. The van der Waals surface area contributed by atoms with Crippen LogP contribution in [-0.4, -0.2) is 71.6 Å². The number of piperazine rings is 1. The first-order chi connectivity index (χ1) is 19.1. The summed E-state index contributed by atoms with van der Waals surface area (Å²) >= 11 is 3.62. The number of fused-ring (bicyclic) bond motifs is 1. The van der Waals surface area contributed by atoms with E-state index in [1.807, 2.05) is 24.3 Å². The molecule has 202 valence electrons. The van der Waals surface area contributed by atoms with Crippen molar-refractivity contribution in [3.05, 3.63) is 83.1 Å². The molecule has 0 unspecified atom stereocenters. The van der Waals surface area contributed by atoms with Gasteiger partial charge < -0.3 is 14.5 Å². The standard InChI is InChI=1S/C31H34BrN5O2/c1-39-27-11-5-9-25(20-27)35-15-17-36(18-16-35)31(38)23-7-6-14-34(21-23)22-30-33-28-12-2-3-13-29(28)37(30)26-10-4-8-24(32)19-26/h2-5,8-13,19-20,23H,6-7,14-18,21-22H2,1H3/t23-/m0/s1. The van der Waals surface area contributed by atoms with Crippen LogP contribution in [0.4, 0.5) is 5.69 Å². The van der Waals surface area contributed by atoms with Gasteiger partial charge in [-0.3, -0.25) is 14.3 Å². The van der Waals surface area contributed by atoms with Gasteiger partial charge in [0.1, 0.15) is 11.6 Å². The fraction of sp³-hybridized carbons (Fsp3) is 0.355. The van der Waals surface area contributed by atoms with Crippen molar-refractivity contribution in [3.8, 4) is 11.4 Å². The van der Waals surface area contributed by atoms with Crippen LogP contribution in [0.15, 0.2) is 77.3 Å². The molecule has 2 aliphatic rings. The number of anilines is 1. The van der Waals surface area contributed by atoms with E-state index in [0.29, 0.717) is 12.5 Å². The average Bonchev–Trinajstić information content (AvgIpc) is 3.34. The average molecular weight is 589 g/mol. The summed E-state index contributed by atoms with van der Waals surface area (Å²) in [5.74, 6) is 2.20. The van der Waals surface area contributed by atoms with Gasteiger partial charge in [-0.1, -0.05) is 40.2 Å². The lowest BCUT2D eigenvalue weighted by atomic mass is 9.96. The summed E-state index contributed by atoms with van der Waals surface area (Å²) in [7, 11) is 1.69.